The second-order valence-corrected chi connectivity index (χ2v) is 8.35. The lowest BCUT2D eigenvalue weighted by Gasteiger charge is -2.40. The molecule has 34 heavy (non-hydrogen) atoms. The molecule has 2 aliphatic heterocycles. The Kier molecular flexibility index (Phi) is 9.80. The van der Waals surface area contributed by atoms with Crippen LogP contribution < -0.4 is 0 Å². The van der Waals surface area contributed by atoms with Gasteiger partial charge >= 0.3 is 0 Å². The molecule has 0 N–H and O–H groups in total. The summed E-state index contributed by atoms with van der Waals surface area (Å²) in [5.74, 6) is -0.233. The second kappa shape index (κ2) is 12.5. The number of hydrogen-bond acceptors (Lipinski definition) is 6. The molecule has 182 valence electrons. The number of carbonyl (C=O) groups excluding carboxylic acids is 4. The van der Waals surface area contributed by atoms with E-state index in [1.807, 2.05) is 36.1 Å². The van der Waals surface area contributed by atoms with Gasteiger partial charge in [-0.3, -0.25) is 19.2 Å². The normalized spacial score (nSPS) is 17.4. The van der Waals surface area contributed by atoms with Gasteiger partial charge in [-0.25, -0.2) is 0 Å². The highest BCUT2D eigenvalue weighted by Gasteiger charge is 2.59. The van der Waals surface area contributed by atoms with Crippen LogP contribution in [-0.4, -0.2) is 84.3 Å². The quantitative estimate of drug-likeness (QED) is 0.491. The maximum Gasteiger partial charge on any atom is 0.292 e. The molecule has 9 nitrogen and oxygen atoms in total. The molecular weight excluding hydrogens is 436 g/mol. The number of likely N-dealkylation sites (tertiary alicyclic amines) is 1. The average molecular weight is 469 g/mol. The number of methoxy groups -OCH3 is 1. The number of nitriles is 1. The zero-order valence-electron chi connectivity index (χ0n) is 19.9. The number of amides is 3. The van der Waals surface area contributed by atoms with Gasteiger partial charge in [0.1, 0.15) is 5.54 Å². The highest BCUT2D eigenvalue weighted by molar-refractivity contribution is 5.99. The van der Waals surface area contributed by atoms with Gasteiger partial charge < -0.3 is 19.4 Å². The SMILES string of the molecule is C=CC(=O)N1CCN(CC(=O)N2CCCC2)C(=O)C12CC2.COC=O.Cc1ccc(C#N)cc1. The van der Waals surface area contributed by atoms with Crippen LogP contribution in [0.2, 0.25) is 0 Å². The number of carbonyl (C=O) groups is 4. The van der Waals surface area contributed by atoms with Crippen molar-refractivity contribution >= 4 is 24.2 Å². The Morgan fingerprint density at radius 1 is 1.15 bits per heavy atom. The molecule has 1 aromatic carbocycles. The largest absolute Gasteiger partial charge is 0.471 e. The molecule has 3 aliphatic rings. The molecule has 4 rings (SSSR count). The first kappa shape index (κ1) is 26.6. The zero-order valence-corrected chi connectivity index (χ0v) is 19.9. The Balaban J connectivity index is 0.000000260. The van der Waals surface area contributed by atoms with Crippen LogP contribution in [0.4, 0.5) is 0 Å². The third kappa shape index (κ3) is 6.67. The van der Waals surface area contributed by atoms with Crippen molar-refractivity contribution in [3.8, 4) is 6.07 Å². The predicted octanol–water partition coefficient (Wildman–Crippen LogP) is 1.65. The zero-order chi connectivity index (χ0) is 25.1. The van der Waals surface area contributed by atoms with Gasteiger partial charge in [0.15, 0.2) is 0 Å². The molecule has 1 aliphatic carbocycles. The van der Waals surface area contributed by atoms with E-state index in [1.54, 1.807) is 9.80 Å². The fourth-order valence-corrected chi connectivity index (χ4v) is 3.99. The lowest BCUT2D eigenvalue weighted by molar-refractivity contribution is -0.154. The van der Waals surface area contributed by atoms with Crippen molar-refractivity contribution < 1.29 is 23.9 Å². The summed E-state index contributed by atoms with van der Waals surface area (Å²) in [6.07, 6.45) is 4.74. The Bertz CT molecular complexity index is 928. The third-order valence-electron chi connectivity index (χ3n) is 6.02. The van der Waals surface area contributed by atoms with Gasteiger partial charge in [-0.05, 0) is 50.8 Å². The van der Waals surface area contributed by atoms with Crippen molar-refractivity contribution in [3.05, 3.63) is 48.0 Å². The second-order valence-electron chi connectivity index (χ2n) is 8.35. The van der Waals surface area contributed by atoms with Crippen LogP contribution in [0.3, 0.4) is 0 Å². The van der Waals surface area contributed by atoms with Crippen molar-refractivity contribution in [3.63, 3.8) is 0 Å². The Morgan fingerprint density at radius 3 is 2.21 bits per heavy atom. The number of ether oxygens (including phenoxy) is 1. The van der Waals surface area contributed by atoms with E-state index >= 15 is 0 Å². The van der Waals surface area contributed by atoms with E-state index < -0.39 is 5.54 Å². The first-order valence-corrected chi connectivity index (χ1v) is 11.3. The Morgan fingerprint density at radius 2 is 1.74 bits per heavy atom. The minimum Gasteiger partial charge on any atom is -0.471 e. The summed E-state index contributed by atoms with van der Waals surface area (Å²) in [6.45, 7) is 8.54. The van der Waals surface area contributed by atoms with E-state index in [0.717, 1.165) is 31.5 Å². The molecule has 1 aromatic rings. The molecule has 1 saturated carbocycles. The van der Waals surface area contributed by atoms with Crippen molar-refractivity contribution in [2.45, 2.75) is 38.1 Å². The summed E-state index contributed by atoms with van der Waals surface area (Å²) in [7, 11) is 1.31. The summed E-state index contributed by atoms with van der Waals surface area (Å²) < 4.78 is 3.86. The number of piperazine rings is 1. The minimum atomic E-state index is -0.686. The van der Waals surface area contributed by atoms with Crippen LogP contribution in [0.25, 0.3) is 0 Å². The van der Waals surface area contributed by atoms with E-state index in [2.05, 4.69) is 17.4 Å². The van der Waals surface area contributed by atoms with Crippen LogP contribution in [-0.2, 0) is 23.9 Å². The van der Waals surface area contributed by atoms with Gasteiger partial charge in [0.05, 0.1) is 25.3 Å². The Hall–Kier alpha value is -3.67. The van der Waals surface area contributed by atoms with E-state index in [0.29, 0.717) is 32.4 Å². The average Bonchev–Trinajstić information content (AvgIpc) is 3.44. The van der Waals surface area contributed by atoms with E-state index in [9.17, 15) is 14.4 Å². The van der Waals surface area contributed by atoms with Gasteiger partial charge in [0, 0.05) is 26.2 Å². The van der Waals surface area contributed by atoms with Crippen LogP contribution in [0.15, 0.2) is 36.9 Å². The van der Waals surface area contributed by atoms with Gasteiger partial charge in [0.25, 0.3) is 6.47 Å². The third-order valence-corrected chi connectivity index (χ3v) is 6.02. The summed E-state index contributed by atoms with van der Waals surface area (Å²) in [6, 6.07) is 9.54. The van der Waals surface area contributed by atoms with Crippen molar-refractivity contribution in [2.75, 3.05) is 39.8 Å². The topological polar surface area (TPSA) is 111 Å². The number of hydrogen-bond donors (Lipinski definition) is 0. The molecule has 3 amide bonds. The number of benzene rings is 1. The van der Waals surface area contributed by atoms with Crippen LogP contribution >= 0.6 is 0 Å². The van der Waals surface area contributed by atoms with Crippen LogP contribution in [0.1, 0.15) is 36.8 Å². The van der Waals surface area contributed by atoms with Gasteiger partial charge in [0.2, 0.25) is 17.7 Å². The smallest absolute Gasteiger partial charge is 0.292 e. The van der Waals surface area contributed by atoms with Crippen molar-refractivity contribution in [1.29, 1.82) is 5.26 Å². The van der Waals surface area contributed by atoms with Gasteiger partial charge in [-0.1, -0.05) is 24.3 Å². The first-order valence-electron chi connectivity index (χ1n) is 11.3. The van der Waals surface area contributed by atoms with Gasteiger partial charge in [-0.2, -0.15) is 5.26 Å². The summed E-state index contributed by atoms with van der Waals surface area (Å²) in [5.41, 5.74) is 1.23. The molecular formula is C25H32N4O5. The fourth-order valence-electron chi connectivity index (χ4n) is 3.99. The predicted molar refractivity (Wildman–Crippen MR) is 125 cm³/mol. The maximum absolute atomic E-state index is 12.6. The molecule has 0 bridgehead atoms. The molecule has 0 unspecified atom stereocenters. The molecule has 2 saturated heterocycles. The monoisotopic (exact) mass is 468 g/mol. The number of rotatable bonds is 4. The van der Waals surface area contributed by atoms with Crippen molar-refractivity contribution in [1.82, 2.24) is 14.7 Å². The van der Waals surface area contributed by atoms with Crippen LogP contribution in [0.5, 0.6) is 0 Å². The summed E-state index contributed by atoms with van der Waals surface area (Å²) in [5, 5.41) is 8.38. The number of aryl methyl sites for hydroxylation is 1. The Labute approximate surface area is 200 Å². The standard InChI is InChI=1S/C15H21N3O3.C8H7N.C2H4O2/c1-2-12(19)18-10-9-17(14(21)15(18)5-6-15)11-13(20)16-7-3-4-8-16;1-7-2-4-8(6-9)5-3-7;1-4-2-3/h2H,1,3-11H2;2-5H,1H3;2H,1H3. The molecule has 0 atom stereocenters. The van der Waals surface area contributed by atoms with Crippen LogP contribution in [0, 0.1) is 18.3 Å². The molecule has 0 aromatic heterocycles. The molecule has 9 heteroatoms. The van der Waals surface area contributed by atoms with E-state index in [-0.39, 0.29) is 24.3 Å². The summed E-state index contributed by atoms with van der Waals surface area (Å²) in [4.78, 5) is 50.7. The highest BCUT2D eigenvalue weighted by atomic mass is 16.5. The fraction of sp³-hybridized carbons (Fsp3) is 0.480. The maximum atomic E-state index is 12.6. The lowest BCUT2D eigenvalue weighted by atomic mass is 10.1. The first-order chi connectivity index (χ1) is 16.3. The van der Waals surface area contributed by atoms with Crippen molar-refractivity contribution in [2.24, 2.45) is 0 Å². The molecule has 0 radical (unpaired) electrons. The molecule has 2 heterocycles. The number of nitrogens with zero attached hydrogens (tertiary/aromatic N) is 4. The summed E-state index contributed by atoms with van der Waals surface area (Å²) >= 11 is 0. The minimum absolute atomic E-state index is 0.0279. The van der Waals surface area contributed by atoms with E-state index in [4.69, 9.17) is 10.1 Å². The highest BCUT2D eigenvalue weighted by Crippen LogP contribution is 2.45. The molecule has 3 fully saturated rings. The van der Waals surface area contributed by atoms with Gasteiger partial charge in [-0.15, -0.1) is 0 Å². The van der Waals surface area contributed by atoms with E-state index in [1.165, 1.54) is 18.7 Å². The molecule has 1 spiro atoms. The lowest BCUT2D eigenvalue weighted by Crippen LogP contribution is -2.61.